The van der Waals surface area contributed by atoms with Gasteiger partial charge in [-0.3, -0.25) is 4.90 Å². The van der Waals surface area contributed by atoms with Crippen molar-refractivity contribution in [3.63, 3.8) is 0 Å². The molecule has 40 heavy (non-hydrogen) atoms. The van der Waals surface area contributed by atoms with Crippen LogP contribution >= 0.6 is 0 Å². The summed E-state index contributed by atoms with van der Waals surface area (Å²) in [6, 6.07) is 9.13. The summed E-state index contributed by atoms with van der Waals surface area (Å²) in [5.41, 5.74) is 2.57. The summed E-state index contributed by atoms with van der Waals surface area (Å²) in [6.07, 6.45) is -3.19. The molecular weight excluding hydrogens is 529 g/mol. The van der Waals surface area contributed by atoms with Crippen LogP contribution in [0.2, 0.25) is 0 Å². The van der Waals surface area contributed by atoms with Crippen molar-refractivity contribution in [3.05, 3.63) is 75.9 Å². The molecule has 1 saturated heterocycles. The minimum Gasteiger partial charge on any atom is -0.487 e. The van der Waals surface area contributed by atoms with Gasteiger partial charge in [-0.15, -0.1) is 0 Å². The SMILES string of the molecule is Cc1cc(COc2cc3c(cc2C(F)(F)F)CCN(Cc2nc4ccc(C(=O)O)cc4n2C[C@@H]2CCO2)C3)no1. The molecule has 4 heterocycles. The number of fused-ring (bicyclic) bond motifs is 2. The molecule has 2 aromatic carbocycles. The summed E-state index contributed by atoms with van der Waals surface area (Å²) < 4.78 is 59.9. The Hall–Kier alpha value is -3.90. The highest BCUT2D eigenvalue weighted by molar-refractivity contribution is 5.92. The lowest BCUT2D eigenvalue weighted by atomic mass is 9.96. The average molecular weight is 557 g/mol. The number of ether oxygens (including phenoxy) is 2. The smallest absolute Gasteiger partial charge is 0.419 e. The van der Waals surface area contributed by atoms with Crippen molar-refractivity contribution in [1.82, 2.24) is 19.6 Å². The highest BCUT2D eigenvalue weighted by atomic mass is 19.4. The first kappa shape index (κ1) is 26.3. The van der Waals surface area contributed by atoms with Crippen molar-refractivity contribution >= 4 is 17.0 Å². The molecule has 2 aliphatic rings. The Morgan fingerprint density at radius 2 is 2.02 bits per heavy atom. The number of hydrogen-bond acceptors (Lipinski definition) is 7. The second-order valence-electron chi connectivity index (χ2n) is 10.2. The summed E-state index contributed by atoms with van der Waals surface area (Å²) in [7, 11) is 0. The number of rotatable bonds is 8. The van der Waals surface area contributed by atoms with E-state index in [2.05, 4.69) is 10.1 Å². The summed E-state index contributed by atoms with van der Waals surface area (Å²) in [5.74, 6) is 0.0362. The number of aromatic nitrogens is 3. The van der Waals surface area contributed by atoms with Crippen LogP contribution in [0.3, 0.4) is 0 Å². The molecule has 0 bridgehead atoms. The van der Waals surface area contributed by atoms with Gasteiger partial charge in [-0.2, -0.15) is 13.2 Å². The van der Waals surface area contributed by atoms with Crippen LogP contribution in [0.5, 0.6) is 5.75 Å². The molecule has 0 saturated carbocycles. The zero-order chi connectivity index (χ0) is 28.0. The highest BCUT2D eigenvalue weighted by Gasteiger charge is 2.36. The van der Waals surface area contributed by atoms with Crippen LogP contribution in [-0.2, 0) is 43.6 Å². The van der Waals surface area contributed by atoms with Crippen molar-refractivity contribution in [3.8, 4) is 5.75 Å². The molecule has 0 amide bonds. The predicted octanol–water partition coefficient (Wildman–Crippen LogP) is 4.98. The van der Waals surface area contributed by atoms with Crippen LogP contribution < -0.4 is 4.74 Å². The van der Waals surface area contributed by atoms with Crippen molar-refractivity contribution < 1.29 is 37.1 Å². The van der Waals surface area contributed by atoms with Crippen LogP contribution in [-0.4, -0.2) is 49.9 Å². The Morgan fingerprint density at radius 3 is 2.70 bits per heavy atom. The standard InChI is InChI=1S/C28H27F3N4O5/c1-16-8-20(33-40-16)15-39-25-11-19-12-34(6-4-17(19)9-22(25)28(29,30)31)14-26-32-23-3-2-18(27(36)37)10-24(23)35(26)13-21-5-7-38-21/h2-3,8-11,21H,4-7,12-15H2,1H3,(H,36,37)/t21-/m0/s1. The second kappa shape index (κ2) is 10.3. The lowest BCUT2D eigenvalue weighted by Gasteiger charge is -2.31. The molecule has 12 heteroatoms. The number of hydrogen-bond donors (Lipinski definition) is 1. The van der Waals surface area contributed by atoms with E-state index < -0.39 is 17.7 Å². The Bertz CT molecular complexity index is 1570. The van der Waals surface area contributed by atoms with Gasteiger partial charge < -0.3 is 23.7 Å². The molecule has 0 radical (unpaired) electrons. The van der Waals surface area contributed by atoms with Crippen LogP contribution in [0.4, 0.5) is 13.2 Å². The fourth-order valence-corrected chi connectivity index (χ4v) is 5.22. The molecule has 2 aliphatic heterocycles. The zero-order valence-electron chi connectivity index (χ0n) is 21.7. The van der Waals surface area contributed by atoms with E-state index in [-0.39, 0.29) is 24.0 Å². The summed E-state index contributed by atoms with van der Waals surface area (Å²) in [5, 5.41) is 13.3. The zero-order valence-corrected chi connectivity index (χ0v) is 21.7. The predicted molar refractivity (Wildman–Crippen MR) is 136 cm³/mol. The summed E-state index contributed by atoms with van der Waals surface area (Å²) in [6.45, 7) is 4.20. The highest BCUT2D eigenvalue weighted by Crippen LogP contribution is 2.40. The van der Waals surface area contributed by atoms with Crippen LogP contribution in [0.25, 0.3) is 11.0 Å². The number of carbonyl (C=O) groups is 1. The minimum atomic E-state index is -4.56. The number of carboxylic acid groups (broad SMARTS) is 1. The van der Waals surface area contributed by atoms with E-state index in [1.807, 2.05) is 4.57 Å². The number of nitrogens with zero attached hydrogens (tertiary/aromatic N) is 4. The Labute approximate surface area is 227 Å². The number of alkyl halides is 3. The number of halogens is 3. The average Bonchev–Trinajstić information content (AvgIpc) is 3.45. The quantitative estimate of drug-likeness (QED) is 0.324. The first-order chi connectivity index (χ1) is 19.1. The Kier molecular flexibility index (Phi) is 6.75. The molecule has 2 aromatic heterocycles. The van der Waals surface area contributed by atoms with Gasteiger partial charge in [0.15, 0.2) is 0 Å². The van der Waals surface area contributed by atoms with E-state index in [9.17, 15) is 23.1 Å². The van der Waals surface area contributed by atoms with Gasteiger partial charge in [-0.25, -0.2) is 9.78 Å². The number of aryl methyl sites for hydroxylation is 1. The van der Waals surface area contributed by atoms with E-state index in [0.29, 0.717) is 61.7 Å². The molecule has 1 N–H and O–H groups in total. The van der Waals surface area contributed by atoms with Gasteiger partial charge in [0.2, 0.25) is 0 Å². The van der Waals surface area contributed by atoms with Crippen molar-refractivity contribution in [1.29, 1.82) is 0 Å². The van der Waals surface area contributed by atoms with E-state index in [1.165, 1.54) is 18.2 Å². The Morgan fingerprint density at radius 1 is 1.20 bits per heavy atom. The first-order valence-electron chi connectivity index (χ1n) is 13.0. The van der Waals surface area contributed by atoms with Gasteiger partial charge in [-0.1, -0.05) is 5.16 Å². The molecule has 1 fully saturated rings. The maximum Gasteiger partial charge on any atom is 0.419 e. The summed E-state index contributed by atoms with van der Waals surface area (Å²) >= 11 is 0. The summed E-state index contributed by atoms with van der Waals surface area (Å²) in [4.78, 5) is 18.5. The van der Waals surface area contributed by atoms with Gasteiger partial charge in [-0.05, 0) is 61.2 Å². The topological polar surface area (TPSA) is 103 Å². The number of carboxylic acids is 1. The molecule has 9 nitrogen and oxygen atoms in total. The van der Waals surface area contributed by atoms with E-state index in [4.69, 9.17) is 19.0 Å². The second-order valence-corrected chi connectivity index (χ2v) is 10.2. The third-order valence-electron chi connectivity index (χ3n) is 7.37. The molecule has 4 aromatic rings. The van der Waals surface area contributed by atoms with Gasteiger partial charge in [0.05, 0.1) is 41.4 Å². The molecule has 1 atom stereocenters. The van der Waals surface area contributed by atoms with Crippen molar-refractivity contribution in [2.45, 2.75) is 58.3 Å². The van der Waals surface area contributed by atoms with Gasteiger partial charge in [0.25, 0.3) is 0 Å². The van der Waals surface area contributed by atoms with E-state index >= 15 is 0 Å². The first-order valence-corrected chi connectivity index (χ1v) is 13.0. The maximum atomic E-state index is 13.9. The lowest BCUT2D eigenvalue weighted by molar-refractivity contribution is -0.139. The molecule has 0 unspecified atom stereocenters. The van der Waals surface area contributed by atoms with Crippen LogP contribution in [0.15, 0.2) is 40.9 Å². The molecular formula is C28H27F3N4O5. The number of aromatic carboxylic acids is 1. The third kappa shape index (κ3) is 5.28. The van der Waals surface area contributed by atoms with Crippen molar-refractivity contribution in [2.75, 3.05) is 13.2 Å². The molecule has 0 aliphatic carbocycles. The molecule has 210 valence electrons. The van der Waals surface area contributed by atoms with Gasteiger partial charge in [0, 0.05) is 25.8 Å². The van der Waals surface area contributed by atoms with Crippen LogP contribution in [0.1, 0.15) is 50.7 Å². The third-order valence-corrected chi connectivity index (χ3v) is 7.37. The minimum absolute atomic E-state index is 0.0284. The maximum absolute atomic E-state index is 13.9. The van der Waals surface area contributed by atoms with Crippen molar-refractivity contribution in [2.24, 2.45) is 0 Å². The normalized spacial score (nSPS) is 17.6. The van der Waals surface area contributed by atoms with E-state index in [1.54, 1.807) is 25.1 Å². The number of imidazole rings is 1. The number of benzene rings is 2. The van der Waals surface area contributed by atoms with Gasteiger partial charge in [0.1, 0.15) is 29.6 Å². The van der Waals surface area contributed by atoms with Crippen LogP contribution in [0, 0.1) is 6.92 Å². The fourth-order valence-electron chi connectivity index (χ4n) is 5.22. The van der Waals surface area contributed by atoms with Gasteiger partial charge >= 0.3 is 12.1 Å². The Balaban J connectivity index is 1.27. The fraction of sp³-hybridized carbons (Fsp3) is 0.393. The molecule has 0 spiro atoms. The molecule has 6 rings (SSSR count). The largest absolute Gasteiger partial charge is 0.487 e. The lowest BCUT2D eigenvalue weighted by Crippen LogP contribution is -2.34. The monoisotopic (exact) mass is 556 g/mol. The van der Waals surface area contributed by atoms with E-state index in [0.717, 1.165) is 23.3 Å².